The summed E-state index contributed by atoms with van der Waals surface area (Å²) < 4.78 is 4.71. The van der Waals surface area contributed by atoms with Crippen LogP contribution < -0.4 is 32.7 Å². The summed E-state index contributed by atoms with van der Waals surface area (Å²) in [5.41, 5.74) is 19.4. The van der Waals surface area contributed by atoms with Gasteiger partial charge in [0.15, 0.2) is 0 Å². The highest BCUT2D eigenvalue weighted by Crippen LogP contribution is 2.12. The second-order valence-corrected chi connectivity index (χ2v) is 7.97. The third-order valence-electron chi connectivity index (χ3n) is 4.75. The van der Waals surface area contributed by atoms with E-state index in [1.165, 1.54) is 0 Å². The number of benzene rings is 1. The maximum Gasteiger partial charge on any atom is 0.404 e. The molecule has 0 aromatic heterocycles. The van der Waals surface area contributed by atoms with E-state index < -0.39 is 48.5 Å². The summed E-state index contributed by atoms with van der Waals surface area (Å²) >= 11 is 0. The fourth-order valence-electron chi connectivity index (χ4n) is 2.97. The van der Waals surface area contributed by atoms with Gasteiger partial charge in [0, 0.05) is 17.1 Å². The Kier molecular flexibility index (Phi) is 12.6. The van der Waals surface area contributed by atoms with Crippen LogP contribution in [0.15, 0.2) is 29.4 Å². The van der Waals surface area contributed by atoms with Crippen molar-refractivity contribution in [2.45, 2.75) is 45.4 Å². The molecule has 0 aliphatic rings. The number of nitrogens with one attached hydrogen (secondary N) is 4. The van der Waals surface area contributed by atoms with Gasteiger partial charge in [-0.3, -0.25) is 14.4 Å². The molecule has 0 radical (unpaired) electrons. The normalized spacial score (nSPS) is 11.9. The first-order valence-corrected chi connectivity index (χ1v) is 11.0. The quantitative estimate of drug-likeness (QED) is 0.0914. The van der Waals surface area contributed by atoms with Crippen molar-refractivity contribution < 1.29 is 28.7 Å². The number of nitrogens with two attached hydrogens (primary N) is 2. The minimum absolute atomic E-state index is 0.0307. The van der Waals surface area contributed by atoms with Gasteiger partial charge in [0.2, 0.25) is 17.7 Å². The topological polar surface area (TPSA) is 244 Å². The van der Waals surface area contributed by atoms with Crippen LogP contribution >= 0.6 is 0 Å². The molecule has 0 aliphatic heterocycles. The Morgan fingerprint density at radius 2 is 1.72 bits per heavy atom. The lowest BCUT2D eigenvalue weighted by molar-refractivity contribution is -0.131. The number of urea groups is 1. The largest absolute Gasteiger partial charge is 0.445 e. The van der Waals surface area contributed by atoms with Gasteiger partial charge in [-0.2, -0.15) is 0 Å². The minimum atomic E-state index is -1.01. The smallest absolute Gasteiger partial charge is 0.404 e. The highest BCUT2D eigenvalue weighted by atomic mass is 16.5. The first kappa shape index (κ1) is 29.5. The van der Waals surface area contributed by atoms with Crippen molar-refractivity contribution in [1.82, 2.24) is 16.0 Å². The maximum absolute atomic E-state index is 13.0. The van der Waals surface area contributed by atoms with Crippen molar-refractivity contribution in [3.8, 4) is 0 Å². The summed E-state index contributed by atoms with van der Waals surface area (Å²) in [5.74, 6) is -2.13. The number of amides is 6. The van der Waals surface area contributed by atoms with Crippen LogP contribution in [0.4, 0.5) is 15.3 Å². The van der Waals surface area contributed by atoms with Gasteiger partial charge in [-0.15, -0.1) is 0 Å². The van der Waals surface area contributed by atoms with Crippen molar-refractivity contribution >= 4 is 35.5 Å². The Morgan fingerprint density at radius 3 is 2.28 bits per heavy atom. The van der Waals surface area contributed by atoms with Crippen molar-refractivity contribution in [2.75, 3.05) is 18.4 Å². The predicted octanol–water partition coefficient (Wildman–Crippen LogP) is 0.605. The predicted molar refractivity (Wildman–Crippen MR) is 129 cm³/mol. The van der Waals surface area contributed by atoms with E-state index in [2.05, 4.69) is 31.3 Å². The summed E-state index contributed by atoms with van der Waals surface area (Å²) in [5, 5.41) is 13.4. The number of primary amides is 2. The van der Waals surface area contributed by atoms with E-state index in [-0.39, 0.29) is 25.5 Å². The lowest BCUT2D eigenvalue weighted by atomic mass is 10.0. The SMILES string of the molecule is CC(C)[C@H](NC(=O)CN=[N+]=[N-])C(=O)N[C@@H](CCCNC(N)=O)C(=O)Nc1ccc(COC(N)=O)cc1. The molecule has 36 heavy (non-hydrogen) atoms. The molecule has 1 rings (SSSR count). The molecule has 2 atom stereocenters. The number of hydrogen-bond acceptors (Lipinski definition) is 7. The first-order chi connectivity index (χ1) is 17.0. The number of hydrogen-bond donors (Lipinski definition) is 6. The fourth-order valence-corrected chi connectivity index (χ4v) is 2.97. The lowest BCUT2D eigenvalue weighted by Gasteiger charge is -2.25. The van der Waals surface area contributed by atoms with Gasteiger partial charge in [-0.05, 0) is 42.0 Å². The molecule has 6 amide bonds. The highest BCUT2D eigenvalue weighted by Gasteiger charge is 2.28. The van der Waals surface area contributed by atoms with E-state index in [0.717, 1.165) is 0 Å². The van der Waals surface area contributed by atoms with Crippen LogP contribution in [-0.2, 0) is 25.7 Å². The zero-order valence-corrected chi connectivity index (χ0v) is 20.0. The number of nitrogens with zero attached hydrogens (tertiary/aromatic N) is 3. The summed E-state index contributed by atoms with van der Waals surface area (Å²) in [7, 11) is 0. The van der Waals surface area contributed by atoms with E-state index in [4.69, 9.17) is 21.7 Å². The summed E-state index contributed by atoms with van der Waals surface area (Å²) in [6.07, 6.45) is -0.439. The molecule has 0 spiro atoms. The molecular weight excluding hydrogens is 474 g/mol. The van der Waals surface area contributed by atoms with E-state index in [0.29, 0.717) is 17.7 Å². The molecule has 15 heteroatoms. The molecular formula is C21H31N9O6. The number of carbonyl (C=O) groups is 5. The number of anilines is 1. The highest BCUT2D eigenvalue weighted by molar-refractivity contribution is 5.98. The first-order valence-electron chi connectivity index (χ1n) is 11.0. The minimum Gasteiger partial charge on any atom is -0.445 e. The molecule has 0 bridgehead atoms. The monoisotopic (exact) mass is 505 g/mol. The van der Waals surface area contributed by atoms with E-state index in [9.17, 15) is 24.0 Å². The standard InChI is InChI=1S/C21H31N9O6/c1-12(2)17(29-16(31)10-26-30-24)19(33)28-15(4-3-9-25-20(22)34)18(32)27-14-7-5-13(6-8-14)11-36-21(23)35/h5-8,12,15,17H,3-4,9-11H2,1-2H3,(H2,23,35)(H,27,32)(H,28,33)(H,29,31)(H3,22,25,34)/t15-,17-/m0/s1. The van der Waals surface area contributed by atoms with Gasteiger partial charge in [-0.25, -0.2) is 9.59 Å². The zero-order chi connectivity index (χ0) is 27.1. The maximum atomic E-state index is 13.0. The third kappa shape index (κ3) is 11.6. The second kappa shape index (κ2) is 15.4. The number of carbonyl (C=O) groups excluding carboxylic acids is 5. The molecule has 196 valence electrons. The molecule has 0 heterocycles. The van der Waals surface area contributed by atoms with Crippen LogP contribution in [0.25, 0.3) is 10.4 Å². The van der Waals surface area contributed by atoms with Gasteiger partial charge < -0.3 is 37.5 Å². The molecule has 0 saturated carbocycles. The third-order valence-corrected chi connectivity index (χ3v) is 4.75. The van der Waals surface area contributed by atoms with Crippen molar-refractivity contribution in [1.29, 1.82) is 0 Å². The Balaban J connectivity index is 2.92. The second-order valence-electron chi connectivity index (χ2n) is 7.97. The van der Waals surface area contributed by atoms with Gasteiger partial charge in [-0.1, -0.05) is 31.1 Å². The molecule has 1 aromatic rings. The summed E-state index contributed by atoms with van der Waals surface area (Å²) in [6.45, 7) is 3.08. The van der Waals surface area contributed by atoms with Crippen LogP contribution in [0.5, 0.6) is 0 Å². The van der Waals surface area contributed by atoms with Gasteiger partial charge in [0.25, 0.3) is 0 Å². The van der Waals surface area contributed by atoms with E-state index >= 15 is 0 Å². The van der Waals surface area contributed by atoms with Crippen LogP contribution in [0.1, 0.15) is 32.3 Å². The van der Waals surface area contributed by atoms with Crippen molar-refractivity contribution in [2.24, 2.45) is 22.5 Å². The van der Waals surface area contributed by atoms with Crippen LogP contribution in [-0.4, -0.2) is 55.0 Å². The van der Waals surface area contributed by atoms with Crippen molar-refractivity contribution in [3.05, 3.63) is 40.3 Å². The summed E-state index contributed by atoms with van der Waals surface area (Å²) in [6, 6.07) is 3.68. The fraction of sp³-hybridized carbons (Fsp3) is 0.476. The molecule has 0 fully saturated rings. The molecule has 0 saturated heterocycles. The van der Waals surface area contributed by atoms with Crippen LogP contribution in [0.3, 0.4) is 0 Å². The van der Waals surface area contributed by atoms with Gasteiger partial charge >= 0.3 is 12.1 Å². The molecule has 8 N–H and O–H groups in total. The lowest BCUT2D eigenvalue weighted by Crippen LogP contribution is -2.55. The summed E-state index contributed by atoms with van der Waals surface area (Å²) in [4.78, 5) is 62.0. The number of rotatable bonds is 14. The van der Waals surface area contributed by atoms with E-state index in [1.54, 1.807) is 38.1 Å². The van der Waals surface area contributed by atoms with E-state index in [1.807, 2.05) is 0 Å². The zero-order valence-electron chi connectivity index (χ0n) is 20.0. The molecule has 1 aromatic carbocycles. The molecule has 15 nitrogen and oxygen atoms in total. The average Bonchev–Trinajstić information content (AvgIpc) is 2.81. The molecule has 0 unspecified atom stereocenters. The van der Waals surface area contributed by atoms with Crippen LogP contribution in [0.2, 0.25) is 0 Å². The van der Waals surface area contributed by atoms with Crippen LogP contribution in [0, 0.1) is 5.92 Å². The van der Waals surface area contributed by atoms with Crippen molar-refractivity contribution in [3.63, 3.8) is 0 Å². The Labute approximate surface area is 207 Å². The van der Waals surface area contributed by atoms with Gasteiger partial charge in [0.1, 0.15) is 25.2 Å². The number of ether oxygens (including phenoxy) is 1. The average molecular weight is 506 g/mol. The Morgan fingerprint density at radius 1 is 1.06 bits per heavy atom. The van der Waals surface area contributed by atoms with Gasteiger partial charge in [0.05, 0.1) is 0 Å². The Bertz CT molecular complexity index is 977. The molecule has 0 aliphatic carbocycles. The Hall–Kier alpha value is -4.52. The number of azide groups is 1.